The number of benzene rings is 1. The summed E-state index contributed by atoms with van der Waals surface area (Å²) in [5.41, 5.74) is 1.77. The number of anilines is 1. The predicted molar refractivity (Wildman–Crippen MR) is 119 cm³/mol. The Kier molecular flexibility index (Phi) is 5.97. The van der Waals surface area contributed by atoms with E-state index in [0.29, 0.717) is 32.8 Å². The van der Waals surface area contributed by atoms with Gasteiger partial charge in [-0.15, -0.1) is 0 Å². The van der Waals surface area contributed by atoms with E-state index in [4.69, 9.17) is 9.47 Å². The molecule has 2 aromatic rings. The van der Waals surface area contributed by atoms with Crippen LogP contribution >= 0.6 is 0 Å². The van der Waals surface area contributed by atoms with Crippen LogP contribution in [-0.4, -0.2) is 65.8 Å². The SMILES string of the molecule is O=C(C1CCN(c2cnn(Cc3ccccc3)c(=O)c2)CC1)N1CCC2(CC1)OCCO2. The number of carbonyl (C=O) groups is 1. The monoisotopic (exact) mass is 438 g/mol. The molecule has 3 fully saturated rings. The lowest BCUT2D eigenvalue weighted by molar-refractivity contribution is -0.188. The number of likely N-dealkylation sites (tertiary alicyclic amines) is 1. The molecule has 1 spiro atoms. The van der Waals surface area contributed by atoms with E-state index in [-0.39, 0.29) is 17.4 Å². The number of nitrogens with zero attached hydrogens (tertiary/aromatic N) is 4. The maximum Gasteiger partial charge on any atom is 0.269 e. The van der Waals surface area contributed by atoms with Crippen molar-refractivity contribution in [3.8, 4) is 0 Å². The molecule has 1 amide bonds. The first-order valence-electron chi connectivity index (χ1n) is 11.5. The Hall–Kier alpha value is -2.71. The lowest BCUT2D eigenvalue weighted by Crippen LogP contribution is -2.50. The van der Waals surface area contributed by atoms with Gasteiger partial charge in [0, 0.05) is 51.0 Å². The lowest BCUT2D eigenvalue weighted by Gasteiger charge is -2.40. The first-order valence-corrected chi connectivity index (χ1v) is 11.5. The fourth-order valence-corrected chi connectivity index (χ4v) is 4.97. The highest BCUT2D eigenvalue weighted by Gasteiger charge is 2.41. The summed E-state index contributed by atoms with van der Waals surface area (Å²) < 4.78 is 13.0. The van der Waals surface area contributed by atoms with Crippen LogP contribution in [0.25, 0.3) is 0 Å². The van der Waals surface area contributed by atoms with E-state index in [1.807, 2.05) is 35.2 Å². The molecule has 32 heavy (non-hydrogen) atoms. The Labute approximate surface area is 187 Å². The van der Waals surface area contributed by atoms with E-state index < -0.39 is 5.79 Å². The molecule has 0 aliphatic carbocycles. The lowest BCUT2D eigenvalue weighted by atomic mass is 9.93. The normalized spacial score (nSPS) is 21.2. The van der Waals surface area contributed by atoms with Gasteiger partial charge in [-0.1, -0.05) is 30.3 Å². The van der Waals surface area contributed by atoms with Gasteiger partial charge in [-0.05, 0) is 18.4 Å². The van der Waals surface area contributed by atoms with E-state index in [1.165, 1.54) is 4.68 Å². The molecule has 170 valence electrons. The molecule has 1 aromatic heterocycles. The van der Waals surface area contributed by atoms with Crippen LogP contribution in [0.3, 0.4) is 0 Å². The molecule has 3 saturated heterocycles. The second kappa shape index (κ2) is 9.03. The van der Waals surface area contributed by atoms with E-state index in [1.54, 1.807) is 12.3 Å². The van der Waals surface area contributed by atoms with Crippen molar-refractivity contribution in [3.63, 3.8) is 0 Å². The Morgan fingerprint density at radius 3 is 2.38 bits per heavy atom. The number of aromatic nitrogens is 2. The van der Waals surface area contributed by atoms with Crippen molar-refractivity contribution in [1.29, 1.82) is 0 Å². The van der Waals surface area contributed by atoms with E-state index in [0.717, 1.165) is 50.0 Å². The molecule has 0 saturated carbocycles. The number of carbonyl (C=O) groups excluding carboxylic acids is 1. The molecule has 4 heterocycles. The average Bonchev–Trinajstić information content (AvgIpc) is 3.29. The van der Waals surface area contributed by atoms with Crippen LogP contribution in [0.4, 0.5) is 5.69 Å². The zero-order valence-electron chi connectivity index (χ0n) is 18.3. The number of ether oxygens (including phenoxy) is 2. The largest absolute Gasteiger partial charge is 0.370 e. The third kappa shape index (κ3) is 4.42. The van der Waals surface area contributed by atoms with E-state index in [9.17, 15) is 9.59 Å². The van der Waals surface area contributed by atoms with Crippen LogP contribution < -0.4 is 10.5 Å². The standard InChI is InChI=1S/C24H30N4O4/c29-22-16-21(17-25-28(22)18-19-4-2-1-3-5-19)26-10-6-20(7-11-26)23(30)27-12-8-24(9-13-27)31-14-15-32-24/h1-5,16-17,20H,6-15,18H2. The van der Waals surface area contributed by atoms with Crippen LogP contribution in [0, 0.1) is 5.92 Å². The van der Waals surface area contributed by atoms with Gasteiger partial charge in [0.1, 0.15) is 0 Å². The summed E-state index contributed by atoms with van der Waals surface area (Å²) in [6.07, 6.45) is 4.85. The van der Waals surface area contributed by atoms with Gasteiger partial charge >= 0.3 is 0 Å². The average molecular weight is 439 g/mol. The molecule has 1 aromatic carbocycles. The summed E-state index contributed by atoms with van der Waals surface area (Å²) in [6, 6.07) is 11.5. The van der Waals surface area contributed by atoms with Gasteiger partial charge < -0.3 is 19.3 Å². The first kappa shape index (κ1) is 21.2. The van der Waals surface area contributed by atoms with Crippen molar-refractivity contribution in [2.75, 3.05) is 44.3 Å². The molecule has 0 radical (unpaired) electrons. The summed E-state index contributed by atoms with van der Waals surface area (Å²) in [6.45, 7) is 4.67. The topological polar surface area (TPSA) is 76.9 Å². The summed E-state index contributed by atoms with van der Waals surface area (Å²) in [4.78, 5) is 29.7. The van der Waals surface area contributed by atoms with E-state index in [2.05, 4.69) is 10.00 Å². The van der Waals surface area contributed by atoms with E-state index >= 15 is 0 Å². The molecule has 8 heteroatoms. The second-order valence-electron chi connectivity index (χ2n) is 8.89. The minimum Gasteiger partial charge on any atom is -0.370 e. The Morgan fingerprint density at radius 1 is 1.03 bits per heavy atom. The van der Waals surface area contributed by atoms with Crippen LogP contribution in [-0.2, 0) is 20.8 Å². The Bertz CT molecular complexity index is 985. The van der Waals surface area contributed by atoms with Gasteiger partial charge in [-0.25, -0.2) is 4.68 Å². The van der Waals surface area contributed by atoms with Crippen LogP contribution in [0.1, 0.15) is 31.2 Å². The molecule has 0 N–H and O–H groups in total. The Balaban J connectivity index is 1.15. The van der Waals surface area contributed by atoms with Gasteiger partial charge in [0.2, 0.25) is 5.91 Å². The number of hydrogen-bond acceptors (Lipinski definition) is 6. The van der Waals surface area contributed by atoms with Gasteiger partial charge in [0.05, 0.1) is 31.6 Å². The molecule has 5 rings (SSSR count). The van der Waals surface area contributed by atoms with Crippen molar-refractivity contribution >= 4 is 11.6 Å². The fraction of sp³-hybridized carbons (Fsp3) is 0.542. The van der Waals surface area contributed by atoms with Crippen molar-refractivity contribution < 1.29 is 14.3 Å². The molecule has 0 unspecified atom stereocenters. The maximum absolute atomic E-state index is 13.0. The second-order valence-corrected chi connectivity index (χ2v) is 8.89. The van der Waals surface area contributed by atoms with Gasteiger partial charge in [0.15, 0.2) is 5.79 Å². The minimum atomic E-state index is -0.451. The molecule has 3 aliphatic rings. The summed E-state index contributed by atoms with van der Waals surface area (Å²) >= 11 is 0. The zero-order valence-corrected chi connectivity index (χ0v) is 18.3. The van der Waals surface area contributed by atoms with Crippen molar-refractivity contribution in [2.45, 2.75) is 38.0 Å². The molecule has 8 nitrogen and oxygen atoms in total. The summed E-state index contributed by atoms with van der Waals surface area (Å²) in [5.74, 6) is -0.167. The predicted octanol–water partition coefficient (Wildman–Crippen LogP) is 1.87. The van der Waals surface area contributed by atoms with Crippen molar-refractivity contribution in [3.05, 3.63) is 58.5 Å². The highest BCUT2D eigenvalue weighted by Crippen LogP contribution is 2.32. The first-order chi connectivity index (χ1) is 15.6. The van der Waals surface area contributed by atoms with Gasteiger partial charge in [-0.2, -0.15) is 5.10 Å². The number of amides is 1. The summed E-state index contributed by atoms with van der Waals surface area (Å²) in [5, 5.41) is 4.37. The third-order valence-electron chi connectivity index (χ3n) is 6.89. The summed E-state index contributed by atoms with van der Waals surface area (Å²) in [7, 11) is 0. The smallest absolute Gasteiger partial charge is 0.269 e. The molecule has 0 atom stereocenters. The molecule has 0 bridgehead atoms. The highest BCUT2D eigenvalue weighted by atomic mass is 16.7. The van der Waals surface area contributed by atoms with Crippen molar-refractivity contribution in [1.82, 2.24) is 14.7 Å². The molecular formula is C24H30N4O4. The van der Waals surface area contributed by atoms with Gasteiger partial charge in [0.25, 0.3) is 5.56 Å². The maximum atomic E-state index is 13.0. The Morgan fingerprint density at radius 2 is 1.72 bits per heavy atom. The van der Waals surface area contributed by atoms with Crippen LogP contribution in [0.15, 0.2) is 47.4 Å². The quantitative estimate of drug-likeness (QED) is 0.726. The van der Waals surface area contributed by atoms with Crippen LogP contribution in [0.2, 0.25) is 0 Å². The zero-order chi connectivity index (χ0) is 22.0. The minimum absolute atomic E-state index is 0.0390. The van der Waals surface area contributed by atoms with Crippen molar-refractivity contribution in [2.24, 2.45) is 5.92 Å². The molecular weight excluding hydrogens is 408 g/mol. The molecule has 3 aliphatic heterocycles. The van der Waals surface area contributed by atoms with Crippen LogP contribution in [0.5, 0.6) is 0 Å². The fourth-order valence-electron chi connectivity index (χ4n) is 4.97. The number of hydrogen-bond donors (Lipinski definition) is 0. The number of rotatable bonds is 4. The number of piperidine rings is 2. The third-order valence-corrected chi connectivity index (χ3v) is 6.89. The highest BCUT2D eigenvalue weighted by molar-refractivity contribution is 5.79. The van der Waals surface area contributed by atoms with Gasteiger partial charge in [-0.3, -0.25) is 9.59 Å².